The van der Waals surface area contributed by atoms with Crippen LogP contribution < -0.4 is 10.7 Å². The summed E-state index contributed by atoms with van der Waals surface area (Å²) in [6, 6.07) is 4.72. The SMILES string of the molecule is NS(=O)(=O)C(c1ccccn1)c1ncc[nH]c1=O. The first-order valence-electron chi connectivity index (χ1n) is 4.96. The lowest BCUT2D eigenvalue weighted by Gasteiger charge is -2.12. The van der Waals surface area contributed by atoms with E-state index in [-0.39, 0.29) is 11.4 Å². The number of pyridine rings is 1. The predicted octanol–water partition coefficient (Wildman–Crippen LogP) is -0.457. The zero-order valence-corrected chi connectivity index (χ0v) is 9.96. The van der Waals surface area contributed by atoms with Gasteiger partial charge < -0.3 is 4.98 Å². The third-order valence-corrected chi connectivity index (χ3v) is 3.39. The summed E-state index contributed by atoms with van der Waals surface area (Å²) in [6.07, 6.45) is 4.02. The summed E-state index contributed by atoms with van der Waals surface area (Å²) >= 11 is 0. The summed E-state index contributed by atoms with van der Waals surface area (Å²) in [6.45, 7) is 0. The fourth-order valence-electron chi connectivity index (χ4n) is 1.54. The van der Waals surface area contributed by atoms with Crippen molar-refractivity contribution in [2.24, 2.45) is 5.14 Å². The molecule has 0 radical (unpaired) electrons. The molecular formula is C10H10N4O3S. The second-order valence-electron chi connectivity index (χ2n) is 3.53. The van der Waals surface area contributed by atoms with Gasteiger partial charge in [-0.2, -0.15) is 0 Å². The number of nitrogens with two attached hydrogens (primary N) is 1. The van der Waals surface area contributed by atoms with Crippen molar-refractivity contribution >= 4 is 10.0 Å². The van der Waals surface area contributed by atoms with E-state index in [1.54, 1.807) is 12.1 Å². The van der Waals surface area contributed by atoms with Crippen LogP contribution in [-0.2, 0) is 10.0 Å². The molecule has 0 fully saturated rings. The molecule has 94 valence electrons. The fraction of sp³-hybridized carbons (Fsp3) is 0.100. The summed E-state index contributed by atoms with van der Waals surface area (Å²) in [5, 5.41) is 3.78. The predicted molar refractivity (Wildman–Crippen MR) is 64.0 cm³/mol. The average molecular weight is 266 g/mol. The molecule has 1 unspecified atom stereocenters. The maximum absolute atomic E-state index is 11.6. The molecule has 2 aromatic heterocycles. The second-order valence-corrected chi connectivity index (χ2v) is 5.18. The molecule has 0 spiro atoms. The Morgan fingerprint density at radius 2 is 2.00 bits per heavy atom. The van der Waals surface area contributed by atoms with Crippen LogP contribution in [0.1, 0.15) is 16.6 Å². The van der Waals surface area contributed by atoms with Crippen LogP contribution in [0.5, 0.6) is 0 Å². The van der Waals surface area contributed by atoms with Gasteiger partial charge in [0.1, 0.15) is 5.69 Å². The molecule has 0 amide bonds. The normalized spacial score (nSPS) is 13.2. The Hall–Kier alpha value is -2.06. The Kier molecular flexibility index (Phi) is 3.21. The Morgan fingerprint density at radius 3 is 2.56 bits per heavy atom. The van der Waals surface area contributed by atoms with Crippen LogP contribution >= 0.6 is 0 Å². The van der Waals surface area contributed by atoms with Crippen LogP contribution in [0.15, 0.2) is 41.6 Å². The van der Waals surface area contributed by atoms with Crippen molar-refractivity contribution < 1.29 is 8.42 Å². The van der Waals surface area contributed by atoms with Crippen LogP contribution in [0.3, 0.4) is 0 Å². The molecule has 2 rings (SSSR count). The minimum absolute atomic E-state index is 0.157. The van der Waals surface area contributed by atoms with E-state index in [4.69, 9.17) is 5.14 Å². The highest BCUT2D eigenvalue weighted by Crippen LogP contribution is 2.22. The lowest BCUT2D eigenvalue weighted by molar-refractivity contribution is 0.588. The molecule has 0 saturated heterocycles. The molecule has 2 aromatic rings. The highest BCUT2D eigenvalue weighted by molar-refractivity contribution is 7.89. The third kappa shape index (κ3) is 2.44. The van der Waals surface area contributed by atoms with Gasteiger partial charge in [-0.25, -0.2) is 13.6 Å². The maximum atomic E-state index is 11.6. The number of nitrogens with one attached hydrogen (secondary N) is 1. The third-order valence-electron chi connectivity index (χ3n) is 2.27. The number of aromatic amines is 1. The average Bonchev–Trinajstić information content (AvgIpc) is 2.32. The van der Waals surface area contributed by atoms with Crippen LogP contribution in [0.25, 0.3) is 0 Å². The first kappa shape index (κ1) is 12.4. The van der Waals surface area contributed by atoms with Crippen molar-refractivity contribution in [3.8, 4) is 0 Å². The smallest absolute Gasteiger partial charge is 0.271 e. The van der Waals surface area contributed by atoms with E-state index < -0.39 is 20.8 Å². The van der Waals surface area contributed by atoms with Crippen molar-refractivity contribution in [1.29, 1.82) is 0 Å². The largest absolute Gasteiger partial charge is 0.326 e. The number of nitrogens with zero attached hydrogens (tertiary/aromatic N) is 2. The van der Waals surface area contributed by atoms with E-state index in [2.05, 4.69) is 15.0 Å². The highest BCUT2D eigenvalue weighted by atomic mass is 32.2. The van der Waals surface area contributed by atoms with E-state index in [0.29, 0.717) is 0 Å². The second kappa shape index (κ2) is 4.67. The minimum atomic E-state index is -4.04. The highest BCUT2D eigenvalue weighted by Gasteiger charge is 2.30. The number of hydrogen-bond donors (Lipinski definition) is 2. The van der Waals surface area contributed by atoms with Gasteiger partial charge in [-0.3, -0.25) is 14.8 Å². The van der Waals surface area contributed by atoms with E-state index in [9.17, 15) is 13.2 Å². The monoisotopic (exact) mass is 266 g/mol. The first-order valence-corrected chi connectivity index (χ1v) is 6.57. The number of primary sulfonamides is 1. The lowest BCUT2D eigenvalue weighted by atomic mass is 10.2. The van der Waals surface area contributed by atoms with E-state index in [1.165, 1.54) is 24.7 Å². The van der Waals surface area contributed by atoms with E-state index >= 15 is 0 Å². The van der Waals surface area contributed by atoms with Crippen LogP contribution in [-0.4, -0.2) is 23.4 Å². The van der Waals surface area contributed by atoms with Gasteiger partial charge in [0.05, 0.1) is 5.69 Å². The Morgan fingerprint density at radius 1 is 1.22 bits per heavy atom. The number of sulfonamides is 1. The summed E-state index contributed by atoms with van der Waals surface area (Å²) in [5.74, 6) is 0. The van der Waals surface area contributed by atoms with Crippen LogP contribution in [0.2, 0.25) is 0 Å². The van der Waals surface area contributed by atoms with Gasteiger partial charge in [0.15, 0.2) is 5.25 Å². The van der Waals surface area contributed by atoms with Gasteiger partial charge in [-0.15, -0.1) is 0 Å². The minimum Gasteiger partial charge on any atom is -0.326 e. The van der Waals surface area contributed by atoms with Crippen LogP contribution in [0.4, 0.5) is 0 Å². The molecule has 0 aliphatic heterocycles. The van der Waals surface area contributed by atoms with Crippen molar-refractivity contribution in [2.75, 3.05) is 0 Å². The molecule has 0 aromatic carbocycles. The molecule has 18 heavy (non-hydrogen) atoms. The number of aromatic nitrogens is 3. The van der Waals surface area contributed by atoms with E-state index in [1.807, 2.05) is 0 Å². The Bertz CT molecular complexity index is 696. The molecule has 1 atom stereocenters. The van der Waals surface area contributed by atoms with Crippen molar-refractivity contribution in [3.05, 3.63) is 58.5 Å². The van der Waals surface area contributed by atoms with Crippen LogP contribution in [0, 0.1) is 0 Å². The fourth-order valence-corrected chi connectivity index (χ4v) is 2.50. The molecule has 3 N–H and O–H groups in total. The topological polar surface area (TPSA) is 119 Å². The summed E-state index contributed by atoms with van der Waals surface area (Å²) in [4.78, 5) is 21.7. The van der Waals surface area contributed by atoms with Crippen molar-refractivity contribution in [2.45, 2.75) is 5.25 Å². The summed E-state index contributed by atoms with van der Waals surface area (Å²) < 4.78 is 23.3. The maximum Gasteiger partial charge on any atom is 0.271 e. The summed E-state index contributed by atoms with van der Waals surface area (Å²) in [5.41, 5.74) is -0.648. The quantitative estimate of drug-likeness (QED) is 0.779. The number of hydrogen-bond acceptors (Lipinski definition) is 5. The van der Waals surface area contributed by atoms with Crippen molar-refractivity contribution in [3.63, 3.8) is 0 Å². The summed E-state index contributed by atoms with van der Waals surface area (Å²) in [7, 11) is -4.04. The number of H-pyrrole nitrogens is 1. The molecule has 0 aliphatic rings. The molecule has 0 aliphatic carbocycles. The standard InChI is InChI=1S/C10H10N4O3S/c11-18(16,17)9(7-3-1-2-4-12-7)8-10(15)14-6-5-13-8/h1-6,9H,(H,14,15)(H2,11,16,17). The molecule has 7 nitrogen and oxygen atoms in total. The molecule has 0 saturated carbocycles. The molecule has 2 heterocycles. The Balaban J connectivity index is 2.67. The van der Waals surface area contributed by atoms with Crippen molar-refractivity contribution in [1.82, 2.24) is 15.0 Å². The lowest BCUT2D eigenvalue weighted by Crippen LogP contribution is -2.29. The Labute approximate surface area is 103 Å². The van der Waals surface area contributed by atoms with Gasteiger partial charge in [-0.1, -0.05) is 6.07 Å². The zero-order chi connectivity index (χ0) is 13.2. The van der Waals surface area contributed by atoms with Gasteiger partial charge in [0, 0.05) is 18.6 Å². The molecular weight excluding hydrogens is 256 g/mol. The van der Waals surface area contributed by atoms with E-state index in [0.717, 1.165) is 0 Å². The van der Waals surface area contributed by atoms with Gasteiger partial charge in [-0.05, 0) is 12.1 Å². The molecule has 8 heteroatoms. The van der Waals surface area contributed by atoms with Gasteiger partial charge in [0.25, 0.3) is 5.56 Å². The molecule has 0 bridgehead atoms. The first-order chi connectivity index (χ1) is 8.50. The van der Waals surface area contributed by atoms with Gasteiger partial charge in [0.2, 0.25) is 10.0 Å². The zero-order valence-electron chi connectivity index (χ0n) is 9.15. The van der Waals surface area contributed by atoms with Gasteiger partial charge >= 0.3 is 0 Å². The number of rotatable bonds is 3.